The Bertz CT molecular complexity index is 1000. The first-order valence-electron chi connectivity index (χ1n) is 10.2. The maximum atomic E-state index is 12.7. The third kappa shape index (κ3) is 4.76. The number of carbonyl (C=O) groups is 1. The summed E-state index contributed by atoms with van der Waals surface area (Å²) in [4.78, 5) is 15.1. The Balaban J connectivity index is 1.37. The highest BCUT2D eigenvalue weighted by atomic mass is 32.2. The zero-order valence-electron chi connectivity index (χ0n) is 17.1. The number of hydrogen-bond donors (Lipinski definition) is 1. The lowest BCUT2D eigenvalue weighted by Crippen LogP contribution is -2.50. The second kappa shape index (κ2) is 8.65. The normalized spacial score (nSPS) is 19.2. The molecule has 0 saturated carbocycles. The van der Waals surface area contributed by atoms with Crippen LogP contribution >= 0.6 is 0 Å². The molecule has 2 aliphatic heterocycles. The van der Waals surface area contributed by atoms with Crippen LogP contribution in [0.2, 0.25) is 0 Å². The summed E-state index contributed by atoms with van der Waals surface area (Å²) in [5.41, 5.74) is 2.71. The number of anilines is 1. The molecule has 2 aliphatic rings. The van der Waals surface area contributed by atoms with Gasteiger partial charge in [-0.2, -0.15) is 0 Å². The molecule has 2 heterocycles. The standard InChI is InChI=1S/C22H27N3O4S/c1-30(27,28)25-16-21(29-20-7-3-2-6-19(20)25)22(26)23-14-17-8-10-18(11-9-17)15-24-12-4-5-13-24/h2-3,6-11,21H,4-5,12-16H2,1H3,(H,23,26)/t21-/m0/s1. The number of likely N-dealkylation sites (tertiary alicyclic amines) is 1. The van der Waals surface area contributed by atoms with Crippen molar-refractivity contribution < 1.29 is 17.9 Å². The number of para-hydroxylation sites is 2. The molecule has 0 unspecified atom stereocenters. The van der Waals surface area contributed by atoms with Crippen molar-refractivity contribution in [3.8, 4) is 5.75 Å². The number of benzene rings is 2. The SMILES string of the molecule is CS(=O)(=O)N1C[C@@H](C(=O)NCc2ccc(CN3CCCC3)cc2)Oc2ccccc21. The van der Waals surface area contributed by atoms with Crippen LogP contribution < -0.4 is 14.4 Å². The van der Waals surface area contributed by atoms with Gasteiger partial charge in [-0.15, -0.1) is 0 Å². The van der Waals surface area contributed by atoms with E-state index in [-0.39, 0.29) is 12.5 Å². The van der Waals surface area contributed by atoms with E-state index in [1.807, 2.05) is 12.1 Å². The molecule has 30 heavy (non-hydrogen) atoms. The van der Waals surface area contributed by atoms with Crippen LogP contribution in [0, 0.1) is 0 Å². The Morgan fingerprint density at radius 1 is 1.07 bits per heavy atom. The molecule has 2 aromatic rings. The van der Waals surface area contributed by atoms with E-state index in [2.05, 4.69) is 22.3 Å². The van der Waals surface area contributed by atoms with E-state index in [4.69, 9.17) is 4.74 Å². The minimum Gasteiger partial charge on any atom is -0.476 e. The maximum Gasteiger partial charge on any atom is 0.263 e. The van der Waals surface area contributed by atoms with Crippen molar-refractivity contribution in [1.82, 2.24) is 10.2 Å². The van der Waals surface area contributed by atoms with E-state index >= 15 is 0 Å². The van der Waals surface area contributed by atoms with Crippen molar-refractivity contribution in [2.45, 2.75) is 32.0 Å². The molecule has 1 amide bonds. The van der Waals surface area contributed by atoms with Gasteiger partial charge in [-0.1, -0.05) is 36.4 Å². The van der Waals surface area contributed by atoms with Crippen molar-refractivity contribution in [3.05, 3.63) is 59.7 Å². The molecule has 1 fully saturated rings. The fraction of sp³-hybridized carbons (Fsp3) is 0.409. The fourth-order valence-corrected chi connectivity index (χ4v) is 4.83. The predicted octanol–water partition coefficient (Wildman–Crippen LogP) is 2.13. The lowest BCUT2D eigenvalue weighted by molar-refractivity contribution is -0.127. The van der Waals surface area contributed by atoms with E-state index < -0.39 is 16.1 Å². The van der Waals surface area contributed by atoms with E-state index in [1.54, 1.807) is 24.3 Å². The molecule has 2 aromatic carbocycles. The minimum atomic E-state index is -3.52. The van der Waals surface area contributed by atoms with Gasteiger partial charge in [-0.25, -0.2) is 8.42 Å². The Morgan fingerprint density at radius 2 is 1.73 bits per heavy atom. The van der Waals surface area contributed by atoms with Crippen molar-refractivity contribution in [2.24, 2.45) is 0 Å². The van der Waals surface area contributed by atoms with E-state index in [9.17, 15) is 13.2 Å². The summed E-state index contributed by atoms with van der Waals surface area (Å²) >= 11 is 0. The van der Waals surface area contributed by atoms with Crippen molar-refractivity contribution in [1.29, 1.82) is 0 Å². The Hall–Kier alpha value is -2.58. The monoisotopic (exact) mass is 429 g/mol. The fourth-order valence-electron chi connectivity index (χ4n) is 3.92. The minimum absolute atomic E-state index is 0.0452. The number of carbonyl (C=O) groups excluding carboxylic acids is 1. The van der Waals surface area contributed by atoms with Gasteiger partial charge in [0.25, 0.3) is 5.91 Å². The molecular formula is C22H27N3O4S. The molecule has 4 rings (SSSR count). The molecule has 1 saturated heterocycles. The van der Waals surface area contributed by atoms with Crippen LogP contribution in [0.15, 0.2) is 48.5 Å². The van der Waals surface area contributed by atoms with Gasteiger partial charge >= 0.3 is 0 Å². The number of hydrogen-bond acceptors (Lipinski definition) is 5. The van der Waals surface area contributed by atoms with Gasteiger partial charge in [0.1, 0.15) is 5.75 Å². The number of nitrogens with zero attached hydrogens (tertiary/aromatic N) is 2. The highest BCUT2D eigenvalue weighted by Crippen LogP contribution is 2.34. The van der Waals surface area contributed by atoms with E-state index in [0.29, 0.717) is 18.0 Å². The van der Waals surface area contributed by atoms with Crippen LogP contribution in [-0.2, 0) is 27.9 Å². The summed E-state index contributed by atoms with van der Waals surface area (Å²) in [6, 6.07) is 15.1. The van der Waals surface area contributed by atoms with Crippen LogP contribution in [0.25, 0.3) is 0 Å². The molecule has 0 aliphatic carbocycles. The first-order valence-corrected chi connectivity index (χ1v) is 12.1. The lowest BCUT2D eigenvalue weighted by atomic mass is 10.1. The molecule has 1 N–H and O–H groups in total. The smallest absolute Gasteiger partial charge is 0.263 e. The van der Waals surface area contributed by atoms with Gasteiger partial charge in [0.2, 0.25) is 10.0 Å². The van der Waals surface area contributed by atoms with E-state index in [0.717, 1.165) is 31.5 Å². The summed E-state index contributed by atoms with van der Waals surface area (Å²) in [6.45, 7) is 3.60. The van der Waals surface area contributed by atoms with Crippen molar-refractivity contribution in [3.63, 3.8) is 0 Å². The van der Waals surface area contributed by atoms with Crippen LogP contribution in [0.4, 0.5) is 5.69 Å². The Morgan fingerprint density at radius 3 is 2.43 bits per heavy atom. The number of rotatable bonds is 6. The maximum absolute atomic E-state index is 12.7. The third-order valence-electron chi connectivity index (χ3n) is 5.52. The van der Waals surface area contributed by atoms with Crippen LogP contribution in [0.3, 0.4) is 0 Å². The second-order valence-corrected chi connectivity index (χ2v) is 9.79. The van der Waals surface area contributed by atoms with Crippen LogP contribution in [0.5, 0.6) is 5.75 Å². The third-order valence-corrected chi connectivity index (χ3v) is 6.67. The summed E-state index contributed by atoms with van der Waals surface area (Å²) in [5.74, 6) is 0.0555. The molecule has 0 bridgehead atoms. The quantitative estimate of drug-likeness (QED) is 0.761. The molecule has 7 nitrogen and oxygen atoms in total. The largest absolute Gasteiger partial charge is 0.476 e. The molecule has 0 radical (unpaired) electrons. The van der Waals surface area contributed by atoms with Gasteiger partial charge in [0.15, 0.2) is 6.10 Å². The molecule has 0 spiro atoms. The number of amides is 1. The molecule has 1 atom stereocenters. The van der Waals surface area contributed by atoms with Crippen LogP contribution in [0.1, 0.15) is 24.0 Å². The number of sulfonamides is 1. The zero-order valence-corrected chi connectivity index (χ0v) is 17.9. The Kier molecular flexibility index (Phi) is 5.97. The summed E-state index contributed by atoms with van der Waals surface area (Å²) < 4.78 is 31.4. The molecule has 0 aromatic heterocycles. The highest BCUT2D eigenvalue weighted by molar-refractivity contribution is 7.92. The number of nitrogens with one attached hydrogen (secondary N) is 1. The first-order chi connectivity index (χ1) is 14.4. The summed E-state index contributed by atoms with van der Waals surface area (Å²) in [5, 5.41) is 2.87. The van der Waals surface area contributed by atoms with Gasteiger partial charge in [0.05, 0.1) is 18.5 Å². The van der Waals surface area contributed by atoms with Gasteiger partial charge in [0, 0.05) is 13.1 Å². The first kappa shape index (κ1) is 20.7. The number of ether oxygens (including phenoxy) is 1. The molecule has 160 valence electrons. The van der Waals surface area contributed by atoms with Gasteiger partial charge in [-0.3, -0.25) is 14.0 Å². The van der Waals surface area contributed by atoms with Crippen molar-refractivity contribution in [2.75, 3.05) is 30.2 Å². The topological polar surface area (TPSA) is 79.0 Å². The summed E-state index contributed by atoms with van der Waals surface area (Å²) in [6.07, 6.45) is 2.78. The Labute approximate surface area is 177 Å². The predicted molar refractivity (Wildman–Crippen MR) is 116 cm³/mol. The summed E-state index contributed by atoms with van der Waals surface area (Å²) in [7, 11) is -3.52. The van der Waals surface area contributed by atoms with Crippen molar-refractivity contribution >= 4 is 21.6 Å². The second-order valence-electron chi connectivity index (χ2n) is 7.89. The lowest BCUT2D eigenvalue weighted by Gasteiger charge is -2.33. The van der Waals surface area contributed by atoms with E-state index in [1.165, 1.54) is 22.7 Å². The number of fused-ring (bicyclic) bond motifs is 1. The highest BCUT2D eigenvalue weighted by Gasteiger charge is 2.34. The average Bonchev–Trinajstić information content (AvgIpc) is 3.24. The molecule has 8 heteroatoms. The average molecular weight is 430 g/mol. The van der Waals surface area contributed by atoms with Crippen LogP contribution in [-0.4, -0.2) is 51.2 Å². The zero-order chi connectivity index (χ0) is 21.1. The van der Waals surface area contributed by atoms with Gasteiger partial charge in [-0.05, 0) is 49.2 Å². The van der Waals surface area contributed by atoms with Gasteiger partial charge < -0.3 is 10.1 Å². The molecular weight excluding hydrogens is 402 g/mol.